The Morgan fingerprint density at radius 2 is 0.714 bits per heavy atom. The molecule has 0 amide bonds. The molecule has 0 atom stereocenters. The molecule has 0 bridgehead atoms. The summed E-state index contributed by atoms with van der Waals surface area (Å²) in [6.45, 7) is 4.50. The first-order valence-electron chi connectivity index (χ1n) is 0.204. The Bertz CT molecular complexity index is 11.7. The van der Waals surface area contributed by atoms with Gasteiger partial charge >= 0.3 is 20.1 Å². The van der Waals surface area contributed by atoms with Crippen LogP contribution in [0.3, 0.4) is 0 Å². The number of rotatable bonds is 0. The maximum absolute atomic E-state index is 7.50. The van der Waals surface area contributed by atoms with Gasteiger partial charge in [0, 0.05) is 0 Å². The van der Waals surface area contributed by atoms with Crippen molar-refractivity contribution in [1.29, 1.82) is 0 Å². The molecule has 0 aromatic heterocycles. The summed E-state index contributed by atoms with van der Waals surface area (Å²) in [5.74, 6) is 0. The molecule has 6 heteroatoms. The van der Waals surface area contributed by atoms with Crippen LogP contribution in [0.4, 0.5) is 0 Å². The van der Waals surface area contributed by atoms with Crippen LogP contribution in [0.5, 0.6) is 0 Å². The Morgan fingerprint density at radius 1 is 0.714 bits per heavy atom. The van der Waals surface area contributed by atoms with Crippen molar-refractivity contribution < 1.29 is 74.5 Å². The SMILES string of the molecule is [C]=O.[Cl-].[Cl-].[Cl-].[Cl-].[Ir+4]. The van der Waals surface area contributed by atoms with Crippen molar-refractivity contribution in [1.82, 2.24) is 0 Å². The van der Waals surface area contributed by atoms with Crippen LogP contribution in [-0.2, 0) is 24.9 Å². The van der Waals surface area contributed by atoms with E-state index in [1.165, 1.54) is 0 Å². The molecule has 0 aliphatic carbocycles. The van der Waals surface area contributed by atoms with Crippen molar-refractivity contribution in [3.05, 3.63) is 0 Å². The van der Waals surface area contributed by atoms with Gasteiger partial charge in [-0.15, -0.1) is 0 Å². The number of carbonyl (C=O) groups excluding carboxylic acids is 1. The maximum atomic E-state index is 7.50. The Kier molecular flexibility index (Phi) is 1580. The predicted octanol–water partition coefficient (Wildman–Crippen LogP) is -12.4. The van der Waals surface area contributed by atoms with Gasteiger partial charge in [-0.25, -0.2) is 0 Å². The summed E-state index contributed by atoms with van der Waals surface area (Å²) in [6, 6.07) is 0. The zero-order valence-corrected chi connectivity index (χ0v) is 8.17. The smallest absolute Gasteiger partial charge is 1.00 e. The van der Waals surface area contributed by atoms with E-state index < -0.39 is 0 Å². The molecule has 0 saturated heterocycles. The molecule has 0 aliphatic heterocycles. The largest absolute Gasteiger partial charge is 4.00 e. The molecule has 47 valence electrons. The van der Waals surface area contributed by atoms with Gasteiger partial charge in [0.2, 0.25) is 0 Å². The van der Waals surface area contributed by atoms with Crippen molar-refractivity contribution in [2.24, 2.45) is 0 Å². The fraction of sp³-hybridized carbons (Fsp3) is 0. The summed E-state index contributed by atoms with van der Waals surface area (Å²) in [5.41, 5.74) is 0. The average molecular weight is 362 g/mol. The van der Waals surface area contributed by atoms with Gasteiger partial charge in [-0.05, 0) is 0 Å². The molecule has 7 heavy (non-hydrogen) atoms. The summed E-state index contributed by atoms with van der Waals surface area (Å²) in [5, 5.41) is 0. The minimum absolute atomic E-state index is 0. The molecule has 3 radical (unpaired) electrons. The fourth-order valence-corrected chi connectivity index (χ4v) is 0. The summed E-state index contributed by atoms with van der Waals surface area (Å²) in [4.78, 5) is 7.50. The molecule has 0 aromatic carbocycles. The van der Waals surface area contributed by atoms with Gasteiger partial charge in [0.05, 0.1) is 0 Å². The zero-order valence-electron chi connectivity index (χ0n) is 2.75. The van der Waals surface area contributed by atoms with Gasteiger partial charge in [0.25, 0.3) is 6.79 Å². The normalized spacial score (nSPS) is 0.571. The quantitative estimate of drug-likeness (QED) is 0.419. The van der Waals surface area contributed by atoms with Crippen LogP contribution in [0.15, 0.2) is 0 Å². The van der Waals surface area contributed by atoms with Gasteiger partial charge in [-0.1, -0.05) is 0 Å². The van der Waals surface area contributed by atoms with Gasteiger partial charge < -0.3 is 49.6 Å². The van der Waals surface area contributed by atoms with Gasteiger partial charge in [0.1, 0.15) is 0 Å². The number of hydrogen-bond donors (Lipinski definition) is 0. The van der Waals surface area contributed by atoms with E-state index in [1.807, 2.05) is 0 Å². The minimum Gasteiger partial charge on any atom is -1.00 e. The number of halogens is 4. The van der Waals surface area contributed by atoms with E-state index in [0.29, 0.717) is 0 Å². The van der Waals surface area contributed by atoms with E-state index in [-0.39, 0.29) is 69.7 Å². The Labute approximate surface area is 81.0 Å². The topological polar surface area (TPSA) is 17.1 Å². The van der Waals surface area contributed by atoms with Crippen LogP contribution in [0.1, 0.15) is 0 Å². The molecule has 0 spiro atoms. The molecule has 0 rings (SSSR count). The molecule has 0 N–H and O–H groups in total. The van der Waals surface area contributed by atoms with Crippen molar-refractivity contribution in [3.8, 4) is 0 Å². The van der Waals surface area contributed by atoms with E-state index in [2.05, 4.69) is 6.79 Å². The fourth-order valence-electron chi connectivity index (χ4n) is 0. The summed E-state index contributed by atoms with van der Waals surface area (Å²) >= 11 is 0. The molecule has 1 nitrogen and oxygen atoms in total. The molecule has 0 saturated carbocycles. The van der Waals surface area contributed by atoms with Crippen LogP contribution in [-0.4, -0.2) is 6.79 Å². The molecule has 0 aromatic rings. The van der Waals surface area contributed by atoms with Crippen molar-refractivity contribution in [2.45, 2.75) is 0 Å². The van der Waals surface area contributed by atoms with Crippen LogP contribution in [0, 0.1) is 0 Å². The van der Waals surface area contributed by atoms with Crippen LogP contribution in [0.25, 0.3) is 0 Å². The van der Waals surface area contributed by atoms with Crippen molar-refractivity contribution in [2.75, 3.05) is 0 Å². The van der Waals surface area contributed by atoms with Crippen molar-refractivity contribution in [3.63, 3.8) is 0 Å². The second-order valence-corrected chi connectivity index (χ2v) is 0. The maximum Gasteiger partial charge on any atom is 4.00 e. The summed E-state index contributed by atoms with van der Waals surface area (Å²) in [7, 11) is 0. The van der Waals surface area contributed by atoms with Crippen LogP contribution in [0.2, 0.25) is 0 Å². The molecular formula is CCl4IrO. The second-order valence-electron chi connectivity index (χ2n) is 0. The third-order valence-electron chi connectivity index (χ3n) is 0. The van der Waals surface area contributed by atoms with Gasteiger partial charge in [0.15, 0.2) is 0 Å². The minimum atomic E-state index is 0. The molecule has 0 unspecified atom stereocenters. The predicted molar refractivity (Wildman–Crippen MR) is 5.69 cm³/mol. The first kappa shape index (κ1) is 77.2. The molecule has 0 heterocycles. The zero-order chi connectivity index (χ0) is 2.00. The third kappa shape index (κ3) is 103. The summed E-state index contributed by atoms with van der Waals surface area (Å²) < 4.78 is 0. The Morgan fingerprint density at radius 3 is 0.714 bits per heavy atom. The van der Waals surface area contributed by atoms with Crippen LogP contribution < -0.4 is 49.6 Å². The van der Waals surface area contributed by atoms with E-state index in [1.54, 1.807) is 0 Å². The second kappa shape index (κ2) is 143. The molecule has 0 fully saturated rings. The molecular weight excluding hydrogens is 362 g/mol. The first-order chi connectivity index (χ1) is 1.00. The first-order valence-corrected chi connectivity index (χ1v) is 0.204. The van der Waals surface area contributed by atoms with E-state index in [9.17, 15) is 0 Å². The summed E-state index contributed by atoms with van der Waals surface area (Å²) in [6.07, 6.45) is 0. The standard InChI is InChI=1S/CO.4ClH.Ir/c1-2;;;;;/h;4*1H;/q;;;;;+4/p-4. The average Bonchev–Trinajstić information content (AvgIpc) is 1.00. The van der Waals surface area contributed by atoms with Gasteiger partial charge in [-0.3, -0.25) is 4.79 Å². The van der Waals surface area contributed by atoms with E-state index >= 15 is 0 Å². The molecule has 0 aliphatic rings. The Balaban J connectivity index is -0.000000000500. The van der Waals surface area contributed by atoms with Crippen molar-refractivity contribution >= 4 is 6.79 Å². The van der Waals surface area contributed by atoms with Crippen LogP contribution >= 0.6 is 0 Å². The van der Waals surface area contributed by atoms with E-state index in [4.69, 9.17) is 4.79 Å². The van der Waals surface area contributed by atoms with Gasteiger partial charge in [-0.2, -0.15) is 0 Å². The monoisotopic (exact) mass is 361 g/mol. The van der Waals surface area contributed by atoms with E-state index in [0.717, 1.165) is 0 Å². The third-order valence-corrected chi connectivity index (χ3v) is 0. The number of hydrogen-bond acceptors (Lipinski definition) is 1. The Hall–Kier alpha value is 1.48.